The zero-order valence-corrected chi connectivity index (χ0v) is 23.8. The predicted molar refractivity (Wildman–Crippen MR) is 141 cm³/mol. The van der Waals surface area contributed by atoms with Crippen LogP contribution in [0.25, 0.3) is 0 Å². The molecule has 0 aliphatic heterocycles. The molecule has 2 atom stereocenters. The van der Waals surface area contributed by atoms with Crippen LogP contribution in [0.5, 0.6) is 0 Å². The molecule has 2 unspecified atom stereocenters. The number of ether oxygens (including phenoxy) is 2. The van der Waals surface area contributed by atoms with Gasteiger partial charge in [-0.25, -0.2) is 4.79 Å². The van der Waals surface area contributed by atoms with Crippen LogP contribution in [-0.4, -0.2) is 69.6 Å². The van der Waals surface area contributed by atoms with Crippen LogP contribution >= 0.6 is 8.60 Å². The minimum Gasteiger partial charge on any atom is -0.438 e. The number of methoxy groups -OCH3 is 1. The highest BCUT2D eigenvalue weighted by Crippen LogP contribution is 2.33. The van der Waals surface area contributed by atoms with E-state index in [1.54, 1.807) is 0 Å². The van der Waals surface area contributed by atoms with Gasteiger partial charge in [0.1, 0.15) is 19.3 Å². The highest BCUT2D eigenvalue weighted by Gasteiger charge is 2.19. The van der Waals surface area contributed by atoms with Gasteiger partial charge in [0.2, 0.25) is 0 Å². The average molecular weight is 509 g/mol. The van der Waals surface area contributed by atoms with Gasteiger partial charge in [-0.2, -0.15) is 0 Å². The van der Waals surface area contributed by atoms with Crippen molar-refractivity contribution < 1.29 is 32.7 Å². The van der Waals surface area contributed by atoms with E-state index in [0.29, 0.717) is 13.0 Å². The van der Waals surface area contributed by atoms with Gasteiger partial charge < -0.3 is 27.9 Å². The second-order valence-electron chi connectivity index (χ2n) is 10.3. The van der Waals surface area contributed by atoms with Crippen molar-refractivity contribution in [2.45, 2.75) is 116 Å². The van der Waals surface area contributed by atoms with E-state index in [-0.39, 0.29) is 6.61 Å². The maximum absolute atomic E-state index is 11.5. The lowest BCUT2D eigenvalue weighted by atomic mass is 10.0. The lowest BCUT2D eigenvalue weighted by molar-refractivity contribution is -0.870. The fraction of sp³-hybridized carbons (Fsp3) is 0.962. The summed E-state index contributed by atoms with van der Waals surface area (Å²) in [5.41, 5.74) is 0. The van der Waals surface area contributed by atoms with E-state index >= 15 is 0 Å². The first-order valence-electron chi connectivity index (χ1n) is 13.6. The van der Waals surface area contributed by atoms with E-state index in [1.165, 1.54) is 90.6 Å². The molecule has 0 aromatic heterocycles. The monoisotopic (exact) mass is 508 g/mol. The third kappa shape index (κ3) is 24.7. The van der Waals surface area contributed by atoms with Crippen LogP contribution in [0, 0.1) is 0 Å². The van der Waals surface area contributed by atoms with E-state index in [9.17, 15) is 9.69 Å². The van der Waals surface area contributed by atoms with Crippen LogP contribution < -0.4 is 0 Å². The summed E-state index contributed by atoms with van der Waals surface area (Å²) in [4.78, 5) is 21.5. The highest BCUT2D eigenvalue weighted by atomic mass is 31.2. The van der Waals surface area contributed by atoms with Crippen molar-refractivity contribution in [2.75, 3.05) is 48.0 Å². The summed E-state index contributed by atoms with van der Waals surface area (Å²) < 4.78 is 21.4. The van der Waals surface area contributed by atoms with E-state index in [4.69, 9.17) is 13.8 Å². The Morgan fingerprint density at radius 2 is 1.26 bits per heavy atom. The Balaban J connectivity index is 3.77. The number of carbonyl (C=O) groups is 1. The third-order valence-electron chi connectivity index (χ3n) is 5.89. The number of rotatable bonds is 24. The van der Waals surface area contributed by atoms with Gasteiger partial charge in [-0.15, -0.1) is 0 Å². The summed E-state index contributed by atoms with van der Waals surface area (Å²) in [5, 5.41) is 0. The molecular weight excluding hydrogens is 453 g/mol. The number of hydrogen-bond acceptors (Lipinski definition) is 6. The largest absolute Gasteiger partial charge is 0.508 e. The first-order chi connectivity index (χ1) is 16.3. The van der Waals surface area contributed by atoms with Crippen molar-refractivity contribution in [2.24, 2.45) is 0 Å². The number of hydrogen-bond donors (Lipinski definition) is 1. The van der Waals surface area contributed by atoms with Gasteiger partial charge >= 0.3 is 14.8 Å². The van der Waals surface area contributed by atoms with Crippen molar-refractivity contribution in [1.82, 2.24) is 0 Å². The molecule has 0 amide bonds. The highest BCUT2D eigenvalue weighted by molar-refractivity contribution is 7.40. The second kappa shape index (κ2) is 23.0. The van der Waals surface area contributed by atoms with Gasteiger partial charge in [-0.05, 0) is 12.8 Å². The van der Waals surface area contributed by atoms with Gasteiger partial charge in [-0.3, -0.25) is 0 Å². The quantitative estimate of drug-likeness (QED) is 0.0635. The molecule has 0 fully saturated rings. The zero-order valence-electron chi connectivity index (χ0n) is 22.9. The number of quaternary nitrogens is 1. The minimum absolute atomic E-state index is 0.111. The van der Waals surface area contributed by atoms with Crippen molar-refractivity contribution in [3.63, 3.8) is 0 Å². The number of unbranched alkanes of at least 4 members (excludes halogenated alkanes) is 14. The Bertz CT molecular complexity index is 461. The summed E-state index contributed by atoms with van der Waals surface area (Å²) in [6.45, 7) is 3.56. The van der Waals surface area contributed by atoms with E-state index in [2.05, 4.69) is 32.8 Å². The molecule has 0 spiro atoms. The number of nitrogens with zero attached hydrogens (tertiary/aromatic N) is 1. The summed E-state index contributed by atoms with van der Waals surface area (Å²) >= 11 is 0. The van der Waals surface area contributed by atoms with Gasteiger partial charge in [-0.1, -0.05) is 96.8 Å². The summed E-state index contributed by atoms with van der Waals surface area (Å²) in [5.74, 6) is 0. The molecule has 0 saturated carbocycles. The van der Waals surface area contributed by atoms with Crippen molar-refractivity contribution in [3.8, 4) is 0 Å². The van der Waals surface area contributed by atoms with Crippen LogP contribution in [0.2, 0.25) is 0 Å². The van der Waals surface area contributed by atoms with Crippen LogP contribution in [0.3, 0.4) is 0 Å². The van der Waals surface area contributed by atoms with Crippen LogP contribution in [-0.2, 0) is 18.5 Å². The molecule has 0 saturated heterocycles. The molecule has 0 radical (unpaired) electrons. The summed E-state index contributed by atoms with van der Waals surface area (Å²) in [6.07, 6.45) is 19.2. The summed E-state index contributed by atoms with van der Waals surface area (Å²) in [7, 11) is 5.49. The lowest BCUT2D eigenvalue weighted by Crippen LogP contribution is -2.37. The topological polar surface area (TPSA) is 74.2 Å². The van der Waals surface area contributed by atoms with Gasteiger partial charge in [0.05, 0.1) is 34.9 Å². The number of carbonyl (C=O) groups excluding carboxylic acids is 1. The predicted octanol–water partition coefficient (Wildman–Crippen LogP) is 7.36. The molecule has 0 bridgehead atoms. The average Bonchev–Trinajstić information content (AvgIpc) is 2.78. The standard InChI is InChI=1S/C26H55NO6P/c1-6-7-8-9-10-11-12-13-14-15-16-17-18-19-20-21-25(33-26(28)30-5)24-32-34(29)31-23-22-27(2,3)4/h25,29H,6-24H2,1-5H3/q+1. The molecule has 0 aliphatic rings. The Kier molecular flexibility index (Phi) is 22.7. The molecule has 204 valence electrons. The molecule has 0 heterocycles. The Morgan fingerprint density at radius 3 is 1.71 bits per heavy atom. The van der Waals surface area contributed by atoms with Crippen molar-refractivity contribution >= 4 is 14.8 Å². The van der Waals surface area contributed by atoms with E-state index < -0.39 is 20.9 Å². The minimum atomic E-state index is -1.98. The fourth-order valence-corrected chi connectivity index (χ4v) is 4.29. The molecular formula is C26H55NO6P+. The number of likely N-dealkylation sites (N-methyl/N-ethyl adjacent to an activating group) is 1. The molecule has 0 aromatic rings. The smallest absolute Gasteiger partial charge is 0.438 e. The lowest BCUT2D eigenvalue weighted by Gasteiger charge is -2.24. The normalized spacial score (nSPS) is 13.6. The third-order valence-corrected chi connectivity index (χ3v) is 6.67. The molecule has 1 N–H and O–H groups in total. The Morgan fingerprint density at radius 1 is 0.794 bits per heavy atom. The van der Waals surface area contributed by atoms with Crippen LogP contribution in [0.1, 0.15) is 110 Å². The Hall–Kier alpha value is -0.460. The van der Waals surface area contributed by atoms with Gasteiger partial charge in [0, 0.05) is 0 Å². The fourth-order valence-electron chi connectivity index (χ4n) is 3.68. The van der Waals surface area contributed by atoms with E-state index in [0.717, 1.165) is 23.9 Å². The second-order valence-corrected chi connectivity index (χ2v) is 11.3. The molecule has 8 heteroatoms. The van der Waals surface area contributed by atoms with E-state index in [1.807, 2.05) is 0 Å². The first kappa shape index (κ1) is 33.5. The molecule has 0 aromatic carbocycles. The molecule has 7 nitrogen and oxygen atoms in total. The Labute approximate surface area is 211 Å². The molecule has 34 heavy (non-hydrogen) atoms. The maximum atomic E-state index is 11.5. The molecule has 0 aliphatic carbocycles. The first-order valence-corrected chi connectivity index (χ1v) is 14.7. The zero-order chi connectivity index (χ0) is 25.5. The van der Waals surface area contributed by atoms with Crippen molar-refractivity contribution in [3.05, 3.63) is 0 Å². The van der Waals surface area contributed by atoms with Crippen molar-refractivity contribution in [1.29, 1.82) is 0 Å². The van der Waals surface area contributed by atoms with Crippen LogP contribution in [0.15, 0.2) is 0 Å². The SMILES string of the molecule is CCCCCCCCCCCCCCCCCC(COP(O)OCC[N+](C)(C)C)OC(=O)OC. The van der Waals surface area contributed by atoms with Gasteiger partial charge in [0.25, 0.3) is 0 Å². The van der Waals surface area contributed by atoms with Gasteiger partial charge in [0.15, 0.2) is 0 Å². The molecule has 0 rings (SSSR count). The van der Waals surface area contributed by atoms with Crippen LogP contribution in [0.4, 0.5) is 4.79 Å². The maximum Gasteiger partial charge on any atom is 0.508 e. The summed E-state index contributed by atoms with van der Waals surface area (Å²) in [6, 6.07) is 0.